The molecule has 102 valence electrons. The molecule has 0 unspecified atom stereocenters. The summed E-state index contributed by atoms with van der Waals surface area (Å²) >= 11 is 0. The maximum Gasteiger partial charge on any atom is 0.159 e. The van der Waals surface area contributed by atoms with E-state index in [-0.39, 0.29) is 5.78 Å². The molecule has 0 bridgehead atoms. The van der Waals surface area contributed by atoms with Crippen molar-refractivity contribution >= 4 is 5.78 Å². The van der Waals surface area contributed by atoms with Crippen molar-refractivity contribution in [2.75, 3.05) is 6.54 Å². The highest BCUT2D eigenvalue weighted by atomic mass is 16.1. The van der Waals surface area contributed by atoms with E-state index in [1.54, 1.807) is 6.92 Å². The summed E-state index contributed by atoms with van der Waals surface area (Å²) < 4.78 is 0. The number of hydrogen-bond acceptors (Lipinski definition) is 2. The number of nitrogens with zero attached hydrogens (tertiary/aromatic N) is 1. The number of Topliss-reactive ketones (excluding diaryl/α,β-unsaturated/α-hetero) is 1. The van der Waals surface area contributed by atoms with Crippen LogP contribution in [0.5, 0.6) is 0 Å². The van der Waals surface area contributed by atoms with Crippen molar-refractivity contribution in [2.45, 2.75) is 46.7 Å². The third kappa shape index (κ3) is 4.89. The van der Waals surface area contributed by atoms with E-state index in [0.29, 0.717) is 12.1 Å². The second-order valence-electron chi connectivity index (χ2n) is 5.30. The van der Waals surface area contributed by atoms with Gasteiger partial charge in [-0.2, -0.15) is 0 Å². The van der Waals surface area contributed by atoms with E-state index in [1.165, 1.54) is 0 Å². The third-order valence-electron chi connectivity index (χ3n) is 3.11. The number of ketones is 1. The second-order valence-corrected chi connectivity index (χ2v) is 5.30. The van der Waals surface area contributed by atoms with Crippen LogP contribution in [0.25, 0.3) is 0 Å². The van der Waals surface area contributed by atoms with Gasteiger partial charge in [-0.3, -0.25) is 9.69 Å². The molecule has 0 heterocycles. The van der Waals surface area contributed by atoms with Crippen LogP contribution in [0, 0.1) is 11.8 Å². The molecule has 1 aromatic rings. The Hall–Kier alpha value is -1.59. The average Bonchev–Trinajstić information content (AvgIpc) is 2.34. The molecule has 0 atom stereocenters. The van der Waals surface area contributed by atoms with Crippen LogP contribution in [-0.4, -0.2) is 29.3 Å². The zero-order valence-corrected chi connectivity index (χ0v) is 12.5. The molecule has 0 amide bonds. The lowest BCUT2D eigenvalue weighted by molar-refractivity contribution is 0.101. The Labute approximate surface area is 116 Å². The molecular formula is C17H23NO. The van der Waals surface area contributed by atoms with E-state index in [9.17, 15) is 4.79 Å². The van der Waals surface area contributed by atoms with Gasteiger partial charge < -0.3 is 0 Å². The lowest BCUT2D eigenvalue weighted by Crippen LogP contribution is -2.37. The Morgan fingerprint density at radius 3 is 2.05 bits per heavy atom. The quantitative estimate of drug-likeness (QED) is 0.609. The maximum absolute atomic E-state index is 11.2. The third-order valence-corrected chi connectivity index (χ3v) is 3.11. The monoisotopic (exact) mass is 257 g/mol. The number of hydrogen-bond donors (Lipinski definition) is 0. The van der Waals surface area contributed by atoms with Crippen LogP contribution in [0.3, 0.4) is 0 Å². The highest BCUT2D eigenvalue weighted by Gasteiger charge is 2.10. The lowest BCUT2D eigenvalue weighted by atomic mass is 10.1. The standard InChI is InChI=1S/C17H23NO/c1-13(2)18(14(3)4)12-6-7-16-8-10-17(11-9-16)15(5)19/h8-11,13-14H,12H2,1-5H3. The SMILES string of the molecule is CC(=O)c1ccc(C#CCN(C(C)C)C(C)C)cc1. The van der Waals surface area contributed by atoms with Gasteiger partial charge in [0.25, 0.3) is 0 Å². The van der Waals surface area contributed by atoms with Crippen molar-refractivity contribution in [1.82, 2.24) is 4.90 Å². The first-order chi connectivity index (χ1) is 8.91. The molecule has 0 aliphatic rings. The van der Waals surface area contributed by atoms with Gasteiger partial charge in [-0.05, 0) is 46.8 Å². The van der Waals surface area contributed by atoms with E-state index in [4.69, 9.17) is 0 Å². The zero-order chi connectivity index (χ0) is 14.4. The van der Waals surface area contributed by atoms with Crippen LogP contribution in [0.1, 0.15) is 50.5 Å². The van der Waals surface area contributed by atoms with Crippen LogP contribution in [0.15, 0.2) is 24.3 Å². The Kier molecular flexibility index (Phi) is 5.79. The number of benzene rings is 1. The van der Waals surface area contributed by atoms with E-state index in [1.807, 2.05) is 24.3 Å². The smallest absolute Gasteiger partial charge is 0.159 e. The van der Waals surface area contributed by atoms with E-state index in [2.05, 4.69) is 44.4 Å². The minimum Gasteiger partial charge on any atom is -0.295 e. The first-order valence-corrected chi connectivity index (χ1v) is 6.77. The Morgan fingerprint density at radius 2 is 1.63 bits per heavy atom. The fraction of sp³-hybridized carbons (Fsp3) is 0.471. The molecule has 0 fully saturated rings. The van der Waals surface area contributed by atoms with Gasteiger partial charge in [-0.15, -0.1) is 0 Å². The molecule has 0 aliphatic carbocycles. The molecule has 1 rings (SSSR count). The summed E-state index contributed by atoms with van der Waals surface area (Å²) in [5, 5.41) is 0. The van der Waals surface area contributed by atoms with Crippen molar-refractivity contribution < 1.29 is 4.79 Å². The predicted octanol–water partition coefficient (Wildman–Crippen LogP) is 3.36. The van der Waals surface area contributed by atoms with Crippen molar-refractivity contribution in [3.63, 3.8) is 0 Å². The molecule has 0 saturated heterocycles. The van der Waals surface area contributed by atoms with Crippen molar-refractivity contribution in [3.05, 3.63) is 35.4 Å². The molecule has 19 heavy (non-hydrogen) atoms. The highest BCUT2D eigenvalue weighted by Crippen LogP contribution is 2.05. The Balaban J connectivity index is 2.70. The molecule has 2 heteroatoms. The van der Waals surface area contributed by atoms with Gasteiger partial charge >= 0.3 is 0 Å². The minimum absolute atomic E-state index is 0.0882. The number of carbonyl (C=O) groups excluding carboxylic acids is 1. The van der Waals surface area contributed by atoms with Gasteiger partial charge in [0.1, 0.15) is 0 Å². The van der Waals surface area contributed by atoms with Gasteiger partial charge in [-0.25, -0.2) is 0 Å². The van der Waals surface area contributed by atoms with Gasteiger partial charge in [-0.1, -0.05) is 24.0 Å². The van der Waals surface area contributed by atoms with Crippen LogP contribution >= 0.6 is 0 Å². The Morgan fingerprint density at radius 1 is 1.11 bits per heavy atom. The second kappa shape index (κ2) is 7.11. The molecule has 0 radical (unpaired) electrons. The van der Waals surface area contributed by atoms with Gasteiger partial charge in [0, 0.05) is 23.2 Å². The highest BCUT2D eigenvalue weighted by molar-refractivity contribution is 5.94. The van der Waals surface area contributed by atoms with Crippen LogP contribution in [0.2, 0.25) is 0 Å². The Bertz CT molecular complexity index is 466. The molecule has 0 saturated carbocycles. The van der Waals surface area contributed by atoms with Gasteiger partial charge in [0.15, 0.2) is 5.78 Å². The normalized spacial score (nSPS) is 10.7. The molecule has 0 N–H and O–H groups in total. The number of rotatable bonds is 4. The van der Waals surface area contributed by atoms with Crippen LogP contribution in [0.4, 0.5) is 0 Å². The summed E-state index contributed by atoms with van der Waals surface area (Å²) in [6.45, 7) is 11.1. The van der Waals surface area contributed by atoms with Crippen LogP contribution < -0.4 is 0 Å². The van der Waals surface area contributed by atoms with E-state index in [0.717, 1.165) is 17.7 Å². The molecule has 0 aromatic heterocycles. The summed E-state index contributed by atoms with van der Waals surface area (Å²) in [7, 11) is 0. The average molecular weight is 257 g/mol. The maximum atomic E-state index is 11.2. The summed E-state index contributed by atoms with van der Waals surface area (Å²) in [5.74, 6) is 6.44. The molecule has 0 aliphatic heterocycles. The number of carbonyl (C=O) groups is 1. The first kappa shape index (κ1) is 15.5. The molecule has 0 spiro atoms. The first-order valence-electron chi connectivity index (χ1n) is 6.77. The predicted molar refractivity (Wildman–Crippen MR) is 80.3 cm³/mol. The van der Waals surface area contributed by atoms with Crippen molar-refractivity contribution in [2.24, 2.45) is 0 Å². The summed E-state index contributed by atoms with van der Waals surface area (Å²) in [4.78, 5) is 13.5. The summed E-state index contributed by atoms with van der Waals surface area (Å²) in [5.41, 5.74) is 1.69. The van der Waals surface area contributed by atoms with Crippen molar-refractivity contribution in [3.8, 4) is 11.8 Å². The molecule has 1 aromatic carbocycles. The molecule has 2 nitrogen and oxygen atoms in total. The fourth-order valence-electron chi connectivity index (χ4n) is 1.98. The zero-order valence-electron chi connectivity index (χ0n) is 12.5. The fourth-order valence-corrected chi connectivity index (χ4v) is 1.98. The largest absolute Gasteiger partial charge is 0.295 e. The van der Waals surface area contributed by atoms with Crippen LogP contribution in [-0.2, 0) is 0 Å². The van der Waals surface area contributed by atoms with E-state index < -0.39 is 0 Å². The molecular weight excluding hydrogens is 234 g/mol. The summed E-state index contributed by atoms with van der Waals surface area (Å²) in [6.07, 6.45) is 0. The summed E-state index contributed by atoms with van der Waals surface area (Å²) in [6, 6.07) is 8.45. The van der Waals surface area contributed by atoms with Crippen molar-refractivity contribution in [1.29, 1.82) is 0 Å². The topological polar surface area (TPSA) is 20.3 Å². The van der Waals surface area contributed by atoms with E-state index >= 15 is 0 Å². The lowest BCUT2D eigenvalue weighted by Gasteiger charge is -2.28. The minimum atomic E-state index is 0.0882. The van der Waals surface area contributed by atoms with Gasteiger partial charge in [0.2, 0.25) is 0 Å². The van der Waals surface area contributed by atoms with Gasteiger partial charge in [0.05, 0.1) is 6.54 Å².